The largest absolute Gasteiger partial charge is 0.295 e. The predicted octanol–water partition coefficient (Wildman–Crippen LogP) is 4.15. The number of nitrogens with one attached hydrogen (secondary N) is 1. The summed E-state index contributed by atoms with van der Waals surface area (Å²) in [6.07, 6.45) is 1.66. The molecular formula is C20H21N3O. The van der Waals surface area contributed by atoms with Gasteiger partial charge in [0.2, 0.25) is 0 Å². The first-order chi connectivity index (χ1) is 11.5. The van der Waals surface area contributed by atoms with Crippen molar-refractivity contribution < 1.29 is 0 Å². The normalized spacial score (nSPS) is 11.3. The number of para-hydroxylation sites is 1. The van der Waals surface area contributed by atoms with E-state index in [9.17, 15) is 4.79 Å². The number of aromatic amines is 1. The average Bonchev–Trinajstić information content (AvgIpc) is 2.82. The smallest absolute Gasteiger partial charge is 0.280 e. The van der Waals surface area contributed by atoms with Gasteiger partial charge < -0.3 is 0 Å². The zero-order valence-corrected chi connectivity index (χ0v) is 14.4. The molecule has 4 heteroatoms. The van der Waals surface area contributed by atoms with Crippen LogP contribution in [0.15, 0.2) is 52.3 Å². The SMILES string of the molecule is Cc1cc(C)c(N=Cc2c(C)[nH]n(-c3ccccc3)c2=O)c(C)c1. The Balaban J connectivity index is 2.03. The van der Waals surface area contributed by atoms with Gasteiger partial charge in [0.1, 0.15) is 0 Å². The van der Waals surface area contributed by atoms with Crippen LogP contribution in [0, 0.1) is 27.7 Å². The third-order valence-corrected chi connectivity index (χ3v) is 4.09. The van der Waals surface area contributed by atoms with Crippen LogP contribution < -0.4 is 5.56 Å². The molecule has 0 atom stereocenters. The van der Waals surface area contributed by atoms with Crippen LogP contribution in [0.5, 0.6) is 0 Å². The number of aromatic nitrogens is 2. The maximum absolute atomic E-state index is 12.7. The number of hydrogen-bond acceptors (Lipinski definition) is 2. The minimum absolute atomic E-state index is 0.0927. The second-order valence-electron chi connectivity index (χ2n) is 6.13. The molecular weight excluding hydrogens is 298 g/mol. The monoisotopic (exact) mass is 319 g/mol. The first-order valence-electron chi connectivity index (χ1n) is 7.96. The van der Waals surface area contributed by atoms with Crippen molar-refractivity contribution in [3.63, 3.8) is 0 Å². The molecule has 0 aliphatic rings. The molecule has 0 radical (unpaired) electrons. The summed E-state index contributed by atoms with van der Waals surface area (Å²) in [4.78, 5) is 17.3. The summed E-state index contributed by atoms with van der Waals surface area (Å²) >= 11 is 0. The van der Waals surface area contributed by atoms with Crippen molar-refractivity contribution in [2.45, 2.75) is 27.7 Å². The Bertz CT molecular complexity index is 939. The molecule has 3 aromatic rings. The van der Waals surface area contributed by atoms with Crippen molar-refractivity contribution in [1.29, 1.82) is 0 Å². The van der Waals surface area contributed by atoms with Gasteiger partial charge in [-0.15, -0.1) is 0 Å². The number of aliphatic imine (C=N–C) groups is 1. The third-order valence-electron chi connectivity index (χ3n) is 4.09. The van der Waals surface area contributed by atoms with Gasteiger partial charge >= 0.3 is 0 Å². The molecule has 0 bridgehead atoms. The van der Waals surface area contributed by atoms with E-state index in [0.29, 0.717) is 5.56 Å². The highest BCUT2D eigenvalue weighted by atomic mass is 16.1. The maximum Gasteiger partial charge on any atom is 0.280 e. The number of nitrogens with zero attached hydrogens (tertiary/aromatic N) is 2. The quantitative estimate of drug-likeness (QED) is 0.724. The van der Waals surface area contributed by atoms with Gasteiger partial charge in [0, 0.05) is 11.9 Å². The Morgan fingerprint density at radius 2 is 1.62 bits per heavy atom. The Kier molecular flexibility index (Phi) is 4.21. The number of H-pyrrole nitrogens is 1. The summed E-state index contributed by atoms with van der Waals surface area (Å²) in [5.74, 6) is 0. The van der Waals surface area contributed by atoms with Gasteiger partial charge in [-0.25, -0.2) is 4.68 Å². The van der Waals surface area contributed by atoms with Crippen LogP contribution in [0.3, 0.4) is 0 Å². The highest BCUT2D eigenvalue weighted by Crippen LogP contribution is 2.24. The summed E-state index contributed by atoms with van der Waals surface area (Å²) in [5.41, 5.74) is 6.46. The summed E-state index contributed by atoms with van der Waals surface area (Å²) in [6.45, 7) is 8.04. The first-order valence-corrected chi connectivity index (χ1v) is 7.96. The summed E-state index contributed by atoms with van der Waals surface area (Å²) in [5, 5.41) is 3.12. The summed E-state index contributed by atoms with van der Waals surface area (Å²) < 4.78 is 1.55. The van der Waals surface area contributed by atoms with Gasteiger partial charge in [0.15, 0.2) is 0 Å². The second-order valence-corrected chi connectivity index (χ2v) is 6.13. The molecule has 0 spiro atoms. The van der Waals surface area contributed by atoms with Crippen LogP contribution >= 0.6 is 0 Å². The van der Waals surface area contributed by atoms with Gasteiger partial charge in [-0.05, 0) is 51.0 Å². The molecule has 2 aromatic carbocycles. The predicted molar refractivity (Wildman–Crippen MR) is 99.0 cm³/mol. The molecule has 0 amide bonds. The second kappa shape index (κ2) is 6.32. The highest BCUT2D eigenvalue weighted by Gasteiger charge is 2.11. The van der Waals surface area contributed by atoms with Gasteiger partial charge in [-0.3, -0.25) is 14.9 Å². The van der Waals surface area contributed by atoms with Crippen molar-refractivity contribution in [3.8, 4) is 5.69 Å². The van der Waals surface area contributed by atoms with E-state index >= 15 is 0 Å². The van der Waals surface area contributed by atoms with Gasteiger partial charge in [0.05, 0.1) is 16.9 Å². The minimum atomic E-state index is -0.0927. The number of aryl methyl sites for hydroxylation is 4. The molecule has 3 rings (SSSR count). The first kappa shape index (κ1) is 16.0. The van der Waals surface area contributed by atoms with E-state index in [1.165, 1.54) is 5.56 Å². The van der Waals surface area contributed by atoms with Gasteiger partial charge in [-0.1, -0.05) is 35.9 Å². The molecule has 1 aromatic heterocycles. The van der Waals surface area contributed by atoms with Crippen LogP contribution in [-0.2, 0) is 0 Å². The average molecular weight is 319 g/mol. The van der Waals surface area contributed by atoms with E-state index in [2.05, 4.69) is 29.1 Å². The van der Waals surface area contributed by atoms with Crippen molar-refractivity contribution in [2.75, 3.05) is 0 Å². The van der Waals surface area contributed by atoms with Crippen LogP contribution in [0.4, 0.5) is 5.69 Å². The lowest BCUT2D eigenvalue weighted by atomic mass is 10.1. The lowest BCUT2D eigenvalue weighted by Gasteiger charge is -2.05. The third kappa shape index (κ3) is 2.95. The molecule has 0 saturated heterocycles. The van der Waals surface area contributed by atoms with E-state index in [0.717, 1.165) is 28.2 Å². The number of hydrogen-bond donors (Lipinski definition) is 1. The topological polar surface area (TPSA) is 50.1 Å². The summed E-state index contributed by atoms with van der Waals surface area (Å²) in [6, 6.07) is 13.7. The van der Waals surface area contributed by atoms with Gasteiger partial charge in [-0.2, -0.15) is 0 Å². The number of benzene rings is 2. The van der Waals surface area contributed by atoms with Crippen molar-refractivity contribution >= 4 is 11.9 Å². The lowest BCUT2D eigenvalue weighted by Crippen LogP contribution is -2.17. The van der Waals surface area contributed by atoms with Crippen LogP contribution in [0.1, 0.15) is 27.9 Å². The Hall–Kier alpha value is -2.88. The minimum Gasteiger partial charge on any atom is -0.295 e. The molecule has 0 saturated carbocycles. The van der Waals surface area contributed by atoms with E-state index in [1.807, 2.05) is 51.1 Å². The molecule has 0 unspecified atom stereocenters. The fraction of sp³-hybridized carbons (Fsp3) is 0.200. The Morgan fingerprint density at radius 3 is 2.25 bits per heavy atom. The van der Waals surface area contributed by atoms with Crippen LogP contribution in [0.25, 0.3) is 5.69 Å². The zero-order chi connectivity index (χ0) is 17.3. The molecule has 1 heterocycles. The molecule has 1 N–H and O–H groups in total. The molecule has 122 valence electrons. The molecule has 4 nitrogen and oxygen atoms in total. The number of rotatable bonds is 3. The van der Waals surface area contributed by atoms with Gasteiger partial charge in [0.25, 0.3) is 5.56 Å². The molecule has 24 heavy (non-hydrogen) atoms. The Morgan fingerprint density at radius 1 is 1.00 bits per heavy atom. The highest BCUT2D eigenvalue weighted by molar-refractivity contribution is 5.83. The fourth-order valence-corrected chi connectivity index (χ4v) is 2.98. The molecule has 0 aliphatic heterocycles. The van der Waals surface area contributed by atoms with Crippen molar-refractivity contribution in [2.24, 2.45) is 4.99 Å². The summed E-state index contributed by atoms with van der Waals surface area (Å²) in [7, 11) is 0. The standard InChI is InChI=1S/C20H21N3O/c1-13-10-14(2)19(15(3)11-13)21-12-18-16(4)22-23(20(18)24)17-8-6-5-7-9-17/h5-12,22H,1-4H3. The van der Waals surface area contributed by atoms with E-state index in [-0.39, 0.29) is 5.56 Å². The van der Waals surface area contributed by atoms with Crippen molar-refractivity contribution in [1.82, 2.24) is 9.78 Å². The lowest BCUT2D eigenvalue weighted by molar-refractivity contribution is 0.835. The van der Waals surface area contributed by atoms with E-state index in [4.69, 9.17) is 0 Å². The van der Waals surface area contributed by atoms with Crippen molar-refractivity contribution in [3.05, 3.63) is 80.8 Å². The van der Waals surface area contributed by atoms with Crippen LogP contribution in [-0.4, -0.2) is 16.0 Å². The van der Waals surface area contributed by atoms with E-state index in [1.54, 1.807) is 10.9 Å². The van der Waals surface area contributed by atoms with E-state index < -0.39 is 0 Å². The maximum atomic E-state index is 12.7. The Labute approximate surface area is 141 Å². The fourth-order valence-electron chi connectivity index (χ4n) is 2.98. The zero-order valence-electron chi connectivity index (χ0n) is 14.4. The molecule has 0 aliphatic carbocycles. The molecule has 0 fully saturated rings. The van der Waals surface area contributed by atoms with Crippen LogP contribution in [0.2, 0.25) is 0 Å².